The van der Waals surface area contributed by atoms with Crippen molar-refractivity contribution in [2.24, 2.45) is 0 Å². The molecule has 0 aliphatic rings. The number of nitrogens with zero attached hydrogens (tertiary/aromatic N) is 1. The van der Waals surface area contributed by atoms with Crippen LogP contribution < -0.4 is 5.32 Å². The molecule has 0 unspecified atom stereocenters. The number of carboxylic acids is 1. The lowest BCUT2D eigenvalue weighted by Gasteiger charge is -1.98. The number of hydrogen-bond acceptors (Lipinski definition) is 3. The number of carboxylic acid groups (broad SMARTS) is 1. The third-order valence-corrected chi connectivity index (χ3v) is 2.50. The summed E-state index contributed by atoms with van der Waals surface area (Å²) < 4.78 is 0. The van der Waals surface area contributed by atoms with E-state index in [9.17, 15) is 9.59 Å². The Labute approximate surface area is 109 Å². The summed E-state index contributed by atoms with van der Waals surface area (Å²) in [5, 5.41) is 17.8. The highest BCUT2D eigenvalue weighted by molar-refractivity contribution is 5.92. The number of anilines is 1. The number of rotatable bonds is 5. The van der Waals surface area contributed by atoms with Crippen molar-refractivity contribution in [3.05, 3.63) is 36.4 Å². The van der Waals surface area contributed by atoms with Crippen molar-refractivity contribution in [1.82, 2.24) is 10.2 Å². The van der Waals surface area contributed by atoms with Gasteiger partial charge in [0, 0.05) is 12.5 Å². The topological polar surface area (TPSA) is 95.1 Å². The van der Waals surface area contributed by atoms with Gasteiger partial charge in [-0.25, -0.2) is 0 Å². The van der Waals surface area contributed by atoms with Crippen LogP contribution in [0.1, 0.15) is 12.8 Å². The van der Waals surface area contributed by atoms with Crippen molar-refractivity contribution in [2.75, 3.05) is 5.32 Å². The molecule has 0 radical (unpaired) electrons. The first-order valence-corrected chi connectivity index (χ1v) is 5.77. The maximum Gasteiger partial charge on any atom is 0.303 e. The Hall–Kier alpha value is -2.63. The summed E-state index contributed by atoms with van der Waals surface area (Å²) >= 11 is 0. The lowest BCUT2D eigenvalue weighted by molar-refractivity contribution is -0.138. The van der Waals surface area contributed by atoms with E-state index < -0.39 is 5.97 Å². The Kier molecular flexibility index (Phi) is 3.92. The Morgan fingerprint density at radius 1 is 1.21 bits per heavy atom. The quantitative estimate of drug-likeness (QED) is 0.764. The van der Waals surface area contributed by atoms with Crippen LogP contribution in [0.15, 0.2) is 36.4 Å². The highest BCUT2D eigenvalue weighted by Crippen LogP contribution is 2.19. The Morgan fingerprint density at radius 2 is 1.95 bits per heavy atom. The first-order valence-electron chi connectivity index (χ1n) is 5.77. The second-order valence-corrected chi connectivity index (χ2v) is 3.97. The van der Waals surface area contributed by atoms with Crippen molar-refractivity contribution < 1.29 is 14.7 Å². The second kappa shape index (κ2) is 5.81. The minimum Gasteiger partial charge on any atom is -0.481 e. The lowest BCUT2D eigenvalue weighted by atomic mass is 10.1. The summed E-state index contributed by atoms with van der Waals surface area (Å²) in [6.45, 7) is 0. The van der Waals surface area contributed by atoms with E-state index in [1.165, 1.54) is 0 Å². The fourth-order valence-electron chi connectivity index (χ4n) is 1.58. The van der Waals surface area contributed by atoms with E-state index in [2.05, 4.69) is 15.5 Å². The minimum absolute atomic E-state index is 0.0666. The zero-order valence-corrected chi connectivity index (χ0v) is 10.1. The van der Waals surface area contributed by atoms with Gasteiger partial charge in [-0.1, -0.05) is 30.3 Å². The Balaban J connectivity index is 1.98. The standard InChI is InChI=1S/C13H13N3O3/c17-12(6-7-13(18)19)14-11-8-10(15-16-11)9-4-2-1-3-5-9/h1-5,8H,6-7H2,(H,18,19)(H2,14,15,16,17). The first kappa shape index (κ1) is 12.8. The molecule has 0 aliphatic carbocycles. The first-order chi connectivity index (χ1) is 9.15. The van der Waals surface area contributed by atoms with Crippen molar-refractivity contribution in [2.45, 2.75) is 12.8 Å². The van der Waals surface area contributed by atoms with E-state index in [1.54, 1.807) is 6.07 Å². The van der Waals surface area contributed by atoms with Gasteiger partial charge in [-0.2, -0.15) is 5.10 Å². The summed E-state index contributed by atoms with van der Waals surface area (Å²) in [6, 6.07) is 11.3. The third-order valence-electron chi connectivity index (χ3n) is 2.50. The van der Waals surface area contributed by atoms with Crippen LogP contribution in [-0.2, 0) is 9.59 Å². The average Bonchev–Trinajstić information content (AvgIpc) is 2.86. The molecule has 0 saturated heterocycles. The number of aromatic amines is 1. The molecule has 98 valence electrons. The van der Waals surface area contributed by atoms with Gasteiger partial charge in [0.05, 0.1) is 12.1 Å². The summed E-state index contributed by atoms with van der Waals surface area (Å²) in [6.07, 6.45) is -0.259. The van der Waals surface area contributed by atoms with Crippen LogP contribution in [0.25, 0.3) is 11.3 Å². The second-order valence-electron chi connectivity index (χ2n) is 3.97. The summed E-state index contributed by atoms with van der Waals surface area (Å²) in [4.78, 5) is 21.8. The number of carbonyl (C=O) groups is 2. The molecule has 1 amide bonds. The van der Waals surface area contributed by atoms with Crippen LogP contribution in [0.5, 0.6) is 0 Å². The van der Waals surface area contributed by atoms with E-state index in [0.29, 0.717) is 5.82 Å². The fraction of sp³-hybridized carbons (Fsp3) is 0.154. The van der Waals surface area contributed by atoms with E-state index in [4.69, 9.17) is 5.11 Å². The van der Waals surface area contributed by atoms with Gasteiger partial charge in [-0.05, 0) is 5.56 Å². The number of hydrogen-bond donors (Lipinski definition) is 3. The number of carbonyl (C=O) groups excluding carboxylic acids is 1. The number of aliphatic carboxylic acids is 1. The van der Waals surface area contributed by atoms with Crippen LogP contribution >= 0.6 is 0 Å². The number of aromatic nitrogens is 2. The molecular formula is C13H13N3O3. The van der Waals surface area contributed by atoms with E-state index >= 15 is 0 Å². The SMILES string of the molecule is O=C(O)CCC(=O)Nc1cc(-c2ccccc2)[nH]n1. The number of amides is 1. The molecule has 2 aromatic rings. The molecule has 6 nitrogen and oxygen atoms in total. The normalized spacial score (nSPS) is 10.1. The molecule has 3 N–H and O–H groups in total. The van der Waals surface area contributed by atoms with Gasteiger partial charge in [-0.15, -0.1) is 0 Å². The number of nitrogens with one attached hydrogen (secondary N) is 2. The van der Waals surface area contributed by atoms with E-state index in [1.807, 2.05) is 30.3 Å². The van der Waals surface area contributed by atoms with Gasteiger partial charge < -0.3 is 10.4 Å². The molecule has 0 aliphatic heterocycles. The zero-order chi connectivity index (χ0) is 13.7. The number of H-pyrrole nitrogens is 1. The minimum atomic E-state index is -0.998. The molecule has 19 heavy (non-hydrogen) atoms. The molecule has 0 bridgehead atoms. The average molecular weight is 259 g/mol. The smallest absolute Gasteiger partial charge is 0.303 e. The van der Waals surface area contributed by atoms with Gasteiger partial charge in [0.2, 0.25) is 5.91 Å². The van der Waals surface area contributed by atoms with Crippen LogP contribution in [-0.4, -0.2) is 27.2 Å². The van der Waals surface area contributed by atoms with Crippen molar-refractivity contribution in [3.63, 3.8) is 0 Å². The molecule has 0 fully saturated rings. The number of benzene rings is 1. The van der Waals surface area contributed by atoms with Crippen LogP contribution in [0.3, 0.4) is 0 Å². The molecule has 1 heterocycles. The summed E-state index contributed by atoms with van der Waals surface area (Å²) in [7, 11) is 0. The van der Waals surface area contributed by atoms with Gasteiger partial charge in [-0.3, -0.25) is 14.7 Å². The third kappa shape index (κ3) is 3.67. The molecule has 1 aromatic carbocycles. The van der Waals surface area contributed by atoms with Crippen molar-refractivity contribution >= 4 is 17.7 Å². The van der Waals surface area contributed by atoms with Crippen LogP contribution in [0.4, 0.5) is 5.82 Å². The predicted molar refractivity (Wildman–Crippen MR) is 69.5 cm³/mol. The molecular weight excluding hydrogens is 246 g/mol. The molecule has 0 spiro atoms. The summed E-state index contributed by atoms with van der Waals surface area (Å²) in [5.41, 5.74) is 1.75. The van der Waals surface area contributed by atoms with Gasteiger partial charge in [0.25, 0.3) is 0 Å². The molecule has 0 saturated carbocycles. The predicted octanol–water partition coefficient (Wildman–Crippen LogP) is 1.88. The molecule has 6 heteroatoms. The van der Waals surface area contributed by atoms with Crippen LogP contribution in [0.2, 0.25) is 0 Å². The van der Waals surface area contributed by atoms with Crippen molar-refractivity contribution in [3.8, 4) is 11.3 Å². The Morgan fingerprint density at radius 3 is 2.63 bits per heavy atom. The fourth-order valence-corrected chi connectivity index (χ4v) is 1.58. The maximum atomic E-state index is 11.4. The highest BCUT2D eigenvalue weighted by atomic mass is 16.4. The lowest BCUT2D eigenvalue weighted by Crippen LogP contribution is -2.13. The largest absolute Gasteiger partial charge is 0.481 e. The van der Waals surface area contributed by atoms with Gasteiger partial charge >= 0.3 is 5.97 Å². The van der Waals surface area contributed by atoms with E-state index in [-0.39, 0.29) is 18.7 Å². The molecule has 0 atom stereocenters. The van der Waals surface area contributed by atoms with E-state index in [0.717, 1.165) is 11.3 Å². The van der Waals surface area contributed by atoms with Crippen LogP contribution in [0, 0.1) is 0 Å². The highest BCUT2D eigenvalue weighted by Gasteiger charge is 2.08. The maximum absolute atomic E-state index is 11.4. The van der Waals surface area contributed by atoms with Crippen molar-refractivity contribution in [1.29, 1.82) is 0 Å². The monoisotopic (exact) mass is 259 g/mol. The van der Waals surface area contributed by atoms with Gasteiger partial charge in [0.1, 0.15) is 0 Å². The zero-order valence-electron chi connectivity index (χ0n) is 10.1. The molecule has 1 aromatic heterocycles. The molecule has 2 rings (SSSR count). The summed E-state index contributed by atoms with van der Waals surface area (Å²) in [5.74, 6) is -0.982. The van der Waals surface area contributed by atoms with Gasteiger partial charge in [0.15, 0.2) is 5.82 Å². The Bertz CT molecular complexity index is 578.